The molecule has 0 saturated carbocycles. The van der Waals surface area contributed by atoms with Crippen LogP contribution in [0.25, 0.3) is 0 Å². The third-order valence-electron chi connectivity index (χ3n) is 3.93. The summed E-state index contributed by atoms with van der Waals surface area (Å²) < 4.78 is 42.3. The molecule has 0 amide bonds. The Morgan fingerprint density at radius 1 is 1.29 bits per heavy atom. The molecule has 21 heavy (non-hydrogen) atoms. The smallest absolute Gasteiger partial charge is 0.423 e. The van der Waals surface area contributed by atoms with Crippen molar-refractivity contribution < 1.29 is 28.0 Å². The molecule has 0 unspecified atom stereocenters. The van der Waals surface area contributed by atoms with E-state index in [1.54, 1.807) is 33.8 Å². The molecule has 1 aliphatic rings. The van der Waals surface area contributed by atoms with E-state index >= 15 is 0 Å². The molecule has 122 valence electrons. The van der Waals surface area contributed by atoms with Gasteiger partial charge in [-0.25, -0.2) is 0 Å². The fraction of sp³-hybridized carbons (Fsp3) is 0.846. The molecule has 0 aliphatic carbocycles. The number of alkyl halides is 3. The zero-order chi connectivity index (χ0) is 16.5. The predicted octanol–water partition coefficient (Wildman–Crippen LogP) is 1.77. The number of hydrogen-bond acceptors (Lipinski definition) is 4. The van der Waals surface area contributed by atoms with Crippen molar-refractivity contribution in [3.05, 3.63) is 11.5 Å². The zero-order valence-electron chi connectivity index (χ0n) is 12.9. The maximum Gasteiger partial charge on any atom is 0.487 e. The van der Waals surface area contributed by atoms with Crippen LogP contribution in [-0.4, -0.2) is 59.2 Å². The molecule has 0 saturated heterocycles. The van der Waals surface area contributed by atoms with Crippen molar-refractivity contribution in [2.45, 2.75) is 51.5 Å². The number of rotatable bonds is 5. The van der Waals surface area contributed by atoms with Crippen LogP contribution in [-0.2, 0) is 4.65 Å². The van der Waals surface area contributed by atoms with E-state index in [0.717, 1.165) is 0 Å². The topological polar surface area (TPSA) is 52.9 Å². The number of halogens is 3. The Balaban J connectivity index is 2.60. The van der Waals surface area contributed by atoms with Gasteiger partial charge in [0.05, 0.1) is 17.7 Å². The second kappa shape index (κ2) is 6.28. The van der Waals surface area contributed by atoms with Gasteiger partial charge in [-0.05, 0) is 39.6 Å². The molecule has 8 heteroatoms. The summed E-state index contributed by atoms with van der Waals surface area (Å²) in [5.74, 6) is 0. The van der Waals surface area contributed by atoms with E-state index in [9.17, 15) is 23.3 Å². The van der Waals surface area contributed by atoms with Crippen molar-refractivity contribution >= 4 is 7.12 Å². The Kier molecular flexibility index (Phi) is 5.53. The molecule has 0 aromatic heterocycles. The monoisotopic (exact) mass is 309 g/mol. The molecule has 0 aromatic rings. The summed E-state index contributed by atoms with van der Waals surface area (Å²) in [6.07, 6.45) is -2.36. The molecule has 0 atom stereocenters. The molecule has 4 nitrogen and oxygen atoms in total. The Morgan fingerprint density at radius 3 is 2.24 bits per heavy atom. The highest BCUT2D eigenvalue weighted by Gasteiger charge is 2.40. The Morgan fingerprint density at radius 2 is 1.86 bits per heavy atom. The summed E-state index contributed by atoms with van der Waals surface area (Å²) in [4.78, 5) is 1.26. The van der Waals surface area contributed by atoms with Gasteiger partial charge in [-0.1, -0.05) is 6.08 Å². The molecule has 0 bridgehead atoms. The average Bonchev–Trinajstić information content (AvgIpc) is 2.25. The lowest BCUT2D eigenvalue weighted by Crippen LogP contribution is -2.51. The van der Waals surface area contributed by atoms with Crippen LogP contribution >= 0.6 is 0 Å². The van der Waals surface area contributed by atoms with Gasteiger partial charge in [0.15, 0.2) is 0 Å². The van der Waals surface area contributed by atoms with E-state index in [4.69, 9.17) is 4.65 Å². The first-order chi connectivity index (χ1) is 9.32. The minimum Gasteiger partial charge on any atom is -0.423 e. The molecule has 0 radical (unpaired) electrons. The average molecular weight is 309 g/mol. The zero-order valence-corrected chi connectivity index (χ0v) is 12.9. The molecule has 0 spiro atoms. The van der Waals surface area contributed by atoms with Gasteiger partial charge in [-0.15, -0.1) is 0 Å². The van der Waals surface area contributed by atoms with Crippen LogP contribution < -0.4 is 0 Å². The normalized spacial score (nSPS) is 18.6. The van der Waals surface area contributed by atoms with Crippen LogP contribution in [0.3, 0.4) is 0 Å². The highest BCUT2D eigenvalue weighted by atomic mass is 19.4. The summed E-state index contributed by atoms with van der Waals surface area (Å²) in [6, 6.07) is 0. The van der Waals surface area contributed by atoms with Gasteiger partial charge in [0.1, 0.15) is 0 Å². The lowest BCUT2D eigenvalue weighted by Gasteiger charge is -2.39. The van der Waals surface area contributed by atoms with Crippen LogP contribution in [0.15, 0.2) is 11.5 Å². The molecule has 1 heterocycles. The Labute approximate surface area is 123 Å². The molecule has 1 aliphatic heterocycles. The third kappa shape index (κ3) is 5.62. The highest BCUT2D eigenvalue weighted by Crippen LogP contribution is 2.28. The van der Waals surface area contributed by atoms with Crippen molar-refractivity contribution in [2.75, 3.05) is 19.6 Å². The van der Waals surface area contributed by atoms with Gasteiger partial charge in [0.25, 0.3) is 0 Å². The van der Waals surface area contributed by atoms with Crippen molar-refractivity contribution in [3.8, 4) is 0 Å². The van der Waals surface area contributed by atoms with Crippen LogP contribution in [0.1, 0.15) is 34.1 Å². The number of nitrogens with zero attached hydrogens (tertiary/aromatic N) is 1. The van der Waals surface area contributed by atoms with E-state index in [-0.39, 0.29) is 13.1 Å². The van der Waals surface area contributed by atoms with Crippen molar-refractivity contribution in [1.29, 1.82) is 0 Å². The van der Waals surface area contributed by atoms with Crippen LogP contribution in [0.2, 0.25) is 0 Å². The van der Waals surface area contributed by atoms with E-state index in [0.29, 0.717) is 11.9 Å². The number of hydrogen-bond donors (Lipinski definition) is 2. The van der Waals surface area contributed by atoms with Gasteiger partial charge in [-0.3, -0.25) is 4.90 Å². The molecular formula is C13H23BF3NO3. The fourth-order valence-corrected chi connectivity index (χ4v) is 1.85. The van der Waals surface area contributed by atoms with Crippen LogP contribution in [0.5, 0.6) is 0 Å². The van der Waals surface area contributed by atoms with Gasteiger partial charge < -0.3 is 14.8 Å². The molecular weight excluding hydrogens is 286 g/mol. The van der Waals surface area contributed by atoms with Crippen molar-refractivity contribution in [2.24, 2.45) is 0 Å². The second-order valence-electron chi connectivity index (χ2n) is 6.42. The number of aliphatic hydroxyl groups is 1. The van der Waals surface area contributed by atoms with Gasteiger partial charge >= 0.3 is 13.3 Å². The highest BCUT2D eigenvalue weighted by molar-refractivity contribution is 6.52. The van der Waals surface area contributed by atoms with E-state index < -0.39 is 31.0 Å². The fourth-order valence-electron chi connectivity index (χ4n) is 1.85. The summed E-state index contributed by atoms with van der Waals surface area (Å²) in [6.45, 7) is 5.82. The summed E-state index contributed by atoms with van der Waals surface area (Å²) >= 11 is 0. The maximum atomic E-state index is 12.3. The second-order valence-corrected chi connectivity index (χ2v) is 6.42. The summed E-state index contributed by atoms with van der Waals surface area (Å²) in [5.41, 5.74) is -1.60. The first-order valence-electron chi connectivity index (χ1n) is 6.88. The Bertz CT molecular complexity index is 391. The Hall–Kier alpha value is -0.565. The van der Waals surface area contributed by atoms with E-state index in [1.165, 1.54) is 4.90 Å². The van der Waals surface area contributed by atoms with E-state index in [2.05, 4.69) is 0 Å². The van der Waals surface area contributed by atoms with E-state index in [1.807, 2.05) is 0 Å². The van der Waals surface area contributed by atoms with Crippen LogP contribution in [0, 0.1) is 0 Å². The van der Waals surface area contributed by atoms with Crippen molar-refractivity contribution in [1.82, 2.24) is 4.90 Å². The van der Waals surface area contributed by atoms with Gasteiger partial charge in [0, 0.05) is 13.1 Å². The predicted molar refractivity (Wildman–Crippen MR) is 74.6 cm³/mol. The molecule has 0 fully saturated rings. The minimum absolute atomic E-state index is 0.123. The quantitative estimate of drug-likeness (QED) is 0.760. The minimum atomic E-state index is -4.22. The van der Waals surface area contributed by atoms with Gasteiger partial charge in [-0.2, -0.15) is 13.2 Å². The standard InChI is InChI=1S/C13H23BF3NO3/c1-11(2,19)12(3,4)21-14(20)10-5-7-18(8-6-10)9-13(15,16)17/h5,19-20H,6-9H2,1-4H3. The summed E-state index contributed by atoms with van der Waals surface area (Å²) in [5, 5.41) is 20.0. The van der Waals surface area contributed by atoms with Crippen LogP contribution in [0.4, 0.5) is 13.2 Å². The first-order valence-corrected chi connectivity index (χ1v) is 6.88. The molecule has 0 aromatic carbocycles. The summed E-state index contributed by atoms with van der Waals surface area (Å²) in [7, 11) is -1.22. The largest absolute Gasteiger partial charge is 0.487 e. The first kappa shape index (κ1) is 18.5. The van der Waals surface area contributed by atoms with Gasteiger partial charge in [0.2, 0.25) is 0 Å². The SMILES string of the molecule is CC(C)(O)C(C)(C)OB(O)C1=CCN(CC(F)(F)F)CC1. The maximum absolute atomic E-state index is 12.3. The lowest BCUT2D eigenvalue weighted by atomic mass is 9.73. The van der Waals surface area contributed by atoms with Crippen molar-refractivity contribution in [3.63, 3.8) is 0 Å². The third-order valence-corrected chi connectivity index (χ3v) is 3.93. The molecule has 1 rings (SSSR count). The lowest BCUT2D eigenvalue weighted by molar-refractivity contribution is -0.145. The molecule has 2 N–H and O–H groups in total.